The van der Waals surface area contributed by atoms with Crippen LogP contribution in [0.2, 0.25) is 0 Å². The Labute approximate surface area is 183 Å². The molecule has 162 valence electrons. The molecule has 0 bridgehead atoms. The number of nitrogens with zero attached hydrogens (tertiary/aromatic N) is 1. The van der Waals surface area contributed by atoms with Gasteiger partial charge in [-0.25, -0.2) is 0 Å². The second-order valence-corrected chi connectivity index (χ2v) is 8.38. The normalized spacial score (nSPS) is 15.3. The lowest BCUT2D eigenvalue weighted by atomic mass is 9.89. The summed E-state index contributed by atoms with van der Waals surface area (Å²) in [6.07, 6.45) is 8.70. The van der Waals surface area contributed by atoms with Crippen LogP contribution >= 0.6 is 0 Å². The van der Waals surface area contributed by atoms with E-state index >= 15 is 0 Å². The molecular formula is C26H30N2O3. The van der Waals surface area contributed by atoms with E-state index in [0.29, 0.717) is 29.0 Å². The predicted molar refractivity (Wildman–Crippen MR) is 124 cm³/mol. The topological polar surface area (TPSA) is 62.6 Å². The maximum Gasteiger partial charge on any atom is 0.256 e. The van der Waals surface area contributed by atoms with E-state index in [4.69, 9.17) is 4.42 Å². The molecule has 2 heterocycles. The van der Waals surface area contributed by atoms with Gasteiger partial charge >= 0.3 is 0 Å². The number of fused-ring (bicyclic) bond motifs is 1. The first kappa shape index (κ1) is 21.3. The van der Waals surface area contributed by atoms with Crippen LogP contribution in [-0.2, 0) is 0 Å². The largest absolute Gasteiger partial charge is 0.464 e. The molecule has 0 atom stereocenters. The Morgan fingerprint density at radius 1 is 1.16 bits per heavy atom. The van der Waals surface area contributed by atoms with Crippen LogP contribution in [0.1, 0.15) is 71.2 Å². The van der Waals surface area contributed by atoms with Gasteiger partial charge in [-0.05, 0) is 69.1 Å². The Morgan fingerprint density at radius 2 is 1.97 bits per heavy atom. The SMILES string of the molecule is CCCCCN1CCC(c2coc3ccc(NC(=O)c4ccccc4C=O)cc23)CC1. The first-order valence-corrected chi connectivity index (χ1v) is 11.3. The van der Waals surface area contributed by atoms with Gasteiger partial charge in [0.05, 0.1) is 11.8 Å². The molecule has 1 aliphatic rings. The number of furan rings is 1. The Hall–Kier alpha value is -2.92. The maximum atomic E-state index is 12.7. The van der Waals surface area contributed by atoms with Crippen molar-refractivity contribution >= 4 is 28.8 Å². The van der Waals surface area contributed by atoms with Crippen molar-refractivity contribution in [1.82, 2.24) is 4.90 Å². The molecule has 0 radical (unpaired) electrons. The van der Waals surface area contributed by atoms with Crippen LogP contribution < -0.4 is 5.32 Å². The summed E-state index contributed by atoms with van der Waals surface area (Å²) in [4.78, 5) is 26.5. The molecule has 1 aromatic heterocycles. The Balaban J connectivity index is 1.47. The lowest BCUT2D eigenvalue weighted by molar-refractivity contribution is 0.101. The number of piperidine rings is 1. The Bertz CT molecular complexity index is 1050. The molecule has 1 aliphatic heterocycles. The third-order valence-electron chi connectivity index (χ3n) is 6.30. The van der Waals surface area contributed by atoms with E-state index in [2.05, 4.69) is 17.1 Å². The third-order valence-corrected chi connectivity index (χ3v) is 6.30. The highest BCUT2D eigenvalue weighted by molar-refractivity contribution is 6.09. The standard InChI is InChI=1S/C26H30N2O3/c1-2-3-6-13-28-14-11-19(12-15-28)24-18-31-25-10-9-21(16-23(24)25)27-26(30)22-8-5-4-7-20(22)17-29/h4-5,7-10,16-19H,2-3,6,11-15H2,1H3,(H,27,30). The van der Waals surface area contributed by atoms with Crippen LogP contribution in [0.15, 0.2) is 53.1 Å². The quantitative estimate of drug-likeness (QED) is 0.367. The summed E-state index contributed by atoms with van der Waals surface area (Å²) in [5, 5.41) is 3.99. The highest BCUT2D eigenvalue weighted by Crippen LogP contribution is 2.35. The fourth-order valence-corrected chi connectivity index (χ4v) is 4.50. The molecule has 5 heteroatoms. The number of anilines is 1. The first-order chi connectivity index (χ1) is 15.2. The minimum Gasteiger partial charge on any atom is -0.464 e. The van der Waals surface area contributed by atoms with Gasteiger partial charge in [-0.1, -0.05) is 38.0 Å². The smallest absolute Gasteiger partial charge is 0.256 e. The molecule has 4 rings (SSSR count). The molecule has 2 aromatic carbocycles. The third kappa shape index (κ3) is 4.88. The van der Waals surface area contributed by atoms with Crippen LogP contribution in [-0.4, -0.2) is 36.7 Å². The van der Waals surface area contributed by atoms with Crippen LogP contribution in [0.5, 0.6) is 0 Å². The van der Waals surface area contributed by atoms with E-state index in [9.17, 15) is 9.59 Å². The number of rotatable bonds is 8. The van der Waals surface area contributed by atoms with E-state index in [1.165, 1.54) is 31.4 Å². The van der Waals surface area contributed by atoms with E-state index in [1.807, 2.05) is 24.5 Å². The lowest BCUT2D eigenvalue weighted by Crippen LogP contribution is -2.33. The van der Waals surface area contributed by atoms with E-state index < -0.39 is 0 Å². The van der Waals surface area contributed by atoms with Crippen LogP contribution in [0, 0.1) is 0 Å². The average Bonchev–Trinajstić information content (AvgIpc) is 3.23. The van der Waals surface area contributed by atoms with Gasteiger partial charge in [-0.15, -0.1) is 0 Å². The number of likely N-dealkylation sites (tertiary alicyclic amines) is 1. The zero-order chi connectivity index (χ0) is 21.6. The molecule has 5 nitrogen and oxygen atoms in total. The van der Waals surface area contributed by atoms with Crippen molar-refractivity contribution in [2.45, 2.75) is 44.9 Å². The summed E-state index contributed by atoms with van der Waals surface area (Å²) in [6, 6.07) is 12.5. The van der Waals surface area contributed by atoms with Crippen molar-refractivity contribution in [3.63, 3.8) is 0 Å². The molecule has 31 heavy (non-hydrogen) atoms. The van der Waals surface area contributed by atoms with Crippen molar-refractivity contribution in [2.24, 2.45) is 0 Å². The molecule has 3 aromatic rings. The second-order valence-electron chi connectivity index (χ2n) is 8.38. The van der Waals surface area contributed by atoms with Crippen LogP contribution in [0.25, 0.3) is 11.0 Å². The summed E-state index contributed by atoms with van der Waals surface area (Å²) in [7, 11) is 0. The van der Waals surface area contributed by atoms with Gasteiger partial charge in [0.15, 0.2) is 6.29 Å². The monoisotopic (exact) mass is 418 g/mol. The van der Waals surface area contributed by atoms with Gasteiger partial charge in [-0.3, -0.25) is 9.59 Å². The van der Waals surface area contributed by atoms with Crippen LogP contribution in [0.3, 0.4) is 0 Å². The predicted octanol–water partition coefficient (Wildman–Crippen LogP) is 5.87. The number of hydrogen-bond acceptors (Lipinski definition) is 4. The van der Waals surface area contributed by atoms with Crippen molar-refractivity contribution in [1.29, 1.82) is 0 Å². The van der Waals surface area contributed by atoms with Crippen LogP contribution in [0.4, 0.5) is 5.69 Å². The van der Waals surface area contributed by atoms with E-state index in [1.54, 1.807) is 24.3 Å². The van der Waals surface area contributed by atoms with Crippen molar-refractivity contribution in [3.8, 4) is 0 Å². The molecule has 0 spiro atoms. The van der Waals surface area contributed by atoms with Gasteiger partial charge in [0.2, 0.25) is 0 Å². The van der Waals surface area contributed by atoms with E-state index in [-0.39, 0.29) is 5.91 Å². The molecular weight excluding hydrogens is 388 g/mol. The molecule has 1 amide bonds. The summed E-state index contributed by atoms with van der Waals surface area (Å²) in [5.41, 5.74) is 3.54. The molecule has 0 saturated carbocycles. The summed E-state index contributed by atoms with van der Waals surface area (Å²) >= 11 is 0. The molecule has 1 N–H and O–H groups in total. The Morgan fingerprint density at radius 3 is 2.74 bits per heavy atom. The highest BCUT2D eigenvalue weighted by atomic mass is 16.3. The summed E-state index contributed by atoms with van der Waals surface area (Å²) < 4.78 is 5.82. The first-order valence-electron chi connectivity index (χ1n) is 11.3. The van der Waals surface area contributed by atoms with Crippen molar-refractivity contribution < 1.29 is 14.0 Å². The summed E-state index contributed by atoms with van der Waals surface area (Å²) in [6.45, 7) is 5.69. The molecule has 1 fully saturated rings. The fourth-order valence-electron chi connectivity index (χ4n) is 4.50. The number of carbonyl (C=O) groups is 2. The fraction of sp³-hybridized carbons (Fsp3) is 0.385. The van der Waals surface area contributed by atoms with Gasteiger partial charge in [-0.2, -0.15) is 0 Å². The minimum atomic E-state index is -0.285. The zero-order valence-electron chi connectivity index (χ0n) is 18.1. The Kier molecular flexibility index (Phi) is 6.82. The number of benzene rings is 2. The second kappa shape index (κ2) is 9.92. The minimum absolute atomic E-state index is 0.285. The number of hydrogen-bond donors (Lipinski definition) is 1. The molecule has 0 aliphatic carbocycles. The molecule has 1 saturated heterocycles. The van der Waals surface area contributed by atoms with Crippen molar-refractivity contribution in [2.75, 3.05) is 25.0 Å². The van der Waals surface area contributed by atoms with Gasteiger partial charge < -0.3 is 14.6 Å². The number of amides is 1. The van der Waals surface area contributed by atoms with Crippen molar-refractivity contribution in [3.05, 3.63) is 65.4 Å². The van der Waals surface area contributed by atoms with Gasteiger partial charge in [0.1, 0.15) is 5.58 Å². The molecule has 0 unspecified atom stereocenters. The zero-order valence-corrected chi connectivity index (χ0v) is 18.1. The summed E-state index contributed by atoms with van der Waals surface area (Å²) in [5.74, 6) is 0.192. The number of carbonyl (C=O) groups excluding carboxylic acids is 2. The number of nitrogens with one attached hydrogen (secondary N) is 1. The average molecular weight is 419 g/mol. The van der Waals surface area contributed by atoms with Gasteiger partial charge in [0.25, 0.3) is 5.91 Å². The highest BCUT2D eigenvalue weighted by Gasteiger charge is 2.23. The van der Waals surface area contributed by atoms with E-state index in [0.717, 1.165) is 36.9 Å². The number of unbranched alkanes of at least 4 members (excludes halogenated alkanes) is 2. The van der Waals surface area contributed by atoms with Gasteiger partial charge in [0, 0.05) is 22.2 Å². The lowest BCUT2D eigenvalue weighted by Gasteiger charge is -2.31. The number of aldehydes is 1. The maximum absolute atomic E-state index is 12.7.